The van der Waals surface area contributed by atoms with Gasteiger partial charge in [0.05, 0.1) is 11.6 Å². The maximum Gasteiger partial charge on any atom is 0.407 e. The molecule has 0 bridgehead atoms. The van der Waals surface area contributed by atoms with E-state index in [0.29, 0.717) is 23.3 Å². The number of methoxy groups -OCH3 is 1. The highest BCUT2D eigenvalue weighted by molar-refractivity contribution is 9.10. The van der Waals surface area contributed by atoms with E-state index < -0.39 is 17.7 Å². The second kappa shape index (κ2) is 8.35. The fourth-order valence-electron chi connectivity index (χ4n) is 2.34. The number of hydrogen-bond donors (Lipinski definition) is 1. The van der Waals surface area contributed by atoms with Gasteiger partial charge in [-0.3, -0.25) is 4.98 Å². The van der Waals surface area contributed by atoms with Crippen molar-refractivity contribution in [1.29, 1.82) is 0 Å². The van der Waals surface area contributed by atoms with Crippen LogP contribution in [0.2, 0.25) is 0 Å². The molecule has 0 aliphatic heterocycles. The Morgan fingerprint density at radius 3 is 2.50 bits per heavy atom. The van der Waals surface area contributed by atoms with Crippen molar-refractivity contribution < 1.29 is 19.1 Å². The molecule has 7 nitrogen and oxygen atoms in total. The van der Waals surface area contributed by atoms with Gasteiger partial charge in [-0.2, -0.15) is 0 Å². The van der Waals surface area contributed by atoms with Crippen molar-refractivity contribution in [3.63, 3.8) is 0 Å². The van der Waals surface area contributed by atoms with Crippen molar-refractivity contribution in [2.75, 3.05) is 13.7 Å². The van der Waals surface area contributed by atoms with Crippen molar-refractivity contribution in [2.45, 2.75) is 32.9 Å². The number of pyridine rings is 1. The monoisotopic (exact) mass is 423 g/mol. The summed E-state index contributed by atoms with van der Waals surface area (Å²) in [5.74, 6) is -0.463. The predicted molar refractivity (Wildman–Crippen MR) is 101 cm³/mol. The maximum absolute atomic E-state index is 12.2. The second-order valence-electron chi connectivity index (χ2n) is 6.55. The van der Waals surface area contributed by atoms with Crippen LogP contribution in [0.5, 0.6) is 0 Å². The number of amides is 1. The molecule has 0 saturated heterocycles. The van der Waals surface area contributed by atoms with Crippen LogP contribution in [0.15, 0.2) is 35.2 Å². The molecule has 1 N–H and O–H groups in total. The molecule has 0 radical (unpaired) electrons. The van der Waals surface area contributed by atoms with Gasteiger partial charge in [-0.15, -0.1) is 0 Å². The molecule has 0 spiro atoms. The first kappa shape index (κ1) is 20.0. The van der Waals surface area contributed by atoms with Crippen LogP contribution in [0.3, 0.4) is 0 Å². The third-order valence-electron chi connectivity index (χ3n) is 3.41. The zero-order valence-electron chi connectivity index (χ0n) is 15.2. The molecule has 0 saturated carbocycles. The Morgan fingerprint density at radius 2 is 1.92 bits per heavy atom. The van der Waals surface area contributed by atoms with E-state index in [2.05, 4.69) is 26.2 Å². The normalized spacial score (nSPS) is 11.1. The molecule has 2 rings (SSSR count). The Morgan fingerprint density at radius 1 is 1.27 bits per heavy atom. The van der Waals surface area contributed by atoms with Crippen LogP contribution in [-0.4, -0.2) is 40.9 Å². The highest BCUT2D eigenvalue weighted by atomic mass is 79.9. The van der Waals surface area contributed by atoms with Crippen molar-refractivity contribution in [3.8, 4) is 11.1 Å². The van der Waals surface area contributed by atoms with Crippen LogP contribution < -0.4 is 5.32 Å². The van der Waals surface area contributed by atoms with E-state index in [0.717, 1.165) is 11.1 Å². The van der Waals surface area contributed by atoms with Crippen LogP contribution in [0.25, 0.3) is 11.1 Å². The predicted octanol–water partition coefficient (Wildman–Crippen LogP) is 3.62. The minimum absolute atomic E-state index is 0.301. The fraction of sp³-hybridized carbons (Fsp3) is 0.389. The van der Waals surface area contributed by atoms with Gasteiger partial charge in [0.1, 0.15) is 11.3 Å². The molecule has 26 heavy (non-hydrogen) atoms. The number of alkyl carbamates (subject to hydrolysis) is 1. The third kappa shape index (κ3) is 5.08. The minimum Gasteiger partial charge on any atom is -0.464 e. The molecule has 2 heterocycles. The molecule has 1 amide bonds. The second-order valence-corrected chi connectivity index (χ2v) is 7.35. The van der Waals surface area contributed by atoms with Gasteiger partial charge in [-0.1, -0.05) is 0 Å². The van der Waals surface area contributed by atoms with E-state index in [1.165, 1.54) is 7.11 Å². The van der Waals surface area contributed by atoms with Crippen molar-refractivity contribution >= 4 is 28.0 Å². The number of esters is 1. The Balaban J connectivity index is 2.19. The topological polar surface area (TPSA) is 82.5 Å². The van der Waals surface area contributed by atoms with E-state index >= 15 is 0 Å². The number of nitrogens with zero attached hydrogens (tertiary/aromatic N) is 2. The Hall–Kier alpha value is -2.35. The van der Waals surface area contributed by atoms with Gasteiger partial charge in [0.15, 0.2) is 0 Å². The lowest BCUT2D eigenvalue weighted by atomic mass is 10.1. The van der Waals surface area contributed by atoms with Gasteiger partial charge in [0.2, 0.25) is 0 Å². The number of aromatic nitrogens is 2. The molecule has 0 aliphatic carbocycles. The summed E-state index contributed by atoms with van der Waals surface area (Å²) in [4.78, 5) is 28.0. The largest absolute Gasteiger partial charge is 0.464 e. The molecule has 2 aromatic heterocycles. The van der Waals surface area contributed by atoms with Gasteiger partial charge in [-0.05, 0) is 54.4 Å². The summed E-state index contributed by atoms with van der Waals surface area (Å²) in [6.07, 6.45) is 4.70. The van der Waals surface area contributed by atoms with Crippen LogP contribution in [-0.2, 0) is 16.0 Å². The van der Waals surface area contributed by atoms with E-state index in [-0.39, 0.29) is 0 Å². The third-order valence-corrected chi connectivity index (χ3v) is 4.21. The summed E-state index contributed by atoms with van der Waals surface area (Å²) in [5.41, 5.74) is 1.57. The number of ether oxygens (including phenoxy) is 2. The Labute approximate surface area is 160 Å². The maximum atomic E-state index is 12.2. The number of halogens is 1. The highest BCUT2D eigenvalue weighted by Crippen LogP contribution is 2.33. The fourth-order valence-corrected chi connectivity index (χ4v) is 3.06. The van der Waals surface area contributed by atoms with Gasteiger partial charge in [-0.25, -0.2) is 9.59 Å². The van der Waals surface area contributed by atoms with Crippen LogP contribution in [0, 0.1) is 0 Å². The van der Waals surface area contributed by atoms with Crippen molar-refractivity contribution in [1.82, 2.24) is 14.9 Å². The lowest BCUT2D eigenvalue weighted by Gasteiger charge is -2.19. The first-order valence-electron chi connectivity index (χ1n) is 8.07. The van der Waals surface area contributed by atoms with Gasteiger partial charge in [0, 0.05) is 37.2 Å². The molecule has 0 fully saturated rings. The Kier molecular flexibility index (Phi) is 6.42. The quantitative estimate of drug-likeness (QED) is 0.742. The van der Waals surface area contributed by atoms with Gasteiger partial charge in [0.25, 0.3) is 0 Å². The average Bonchev–Trinajstić information content (AvgIpc) is 2.90. The standard InChI is InChI=1S/C18H22BrN3O4/c1-18(2,3)26-17(24)21-9-10-22-11-13(12-5-7-20-8-6-12)14(19)15(22)16(23)25-4/h5-8,11H,9-10H2,1-4H3,(H,21,24). The number of hydrogen-bond acceptors (Lipinski definition) is 5. The summed E-state index contributed by atoms with van der Waals surface area (Å²) in [7, 11) is 1.33. The van der Waals surface area contributed by atoms with Crippen molar-refractivity contribution in [2.24, 2.45) is 0 Å². The molecule has 2 aromatic rings. The van der Waals surface area contributed by atoms with Crippen LogP contribution in [0.1, 0.15) is 31.3 Å². The summed E-state index contributed by atoms with van der Waals surface area (Å²) in [5, 5.41) is 2.68. The zero-order valence-corrected chi connectivity index (χ0v) is 16.8. The van der Waals surface area contributed by atoms with E-state index in [9.17, 15) is 9.59 Å². The lowest BCUT2D eigenvalue weighted by molar-refractivity contribution is 0.0526. The number of nitrogens with one attached hydrogen (secondary N) is 1. The number of carbonyl (C=O) groups is 2. The molecular formula is C18H22BrN3O4. The highest BCUT2D eigenvalue weighted by Gasteiger charge is 2.22. The van der Waals surface area contributed by atoms with E-state index in [4.69, 9.17) is 9.47 Å². The van der Waals surface area contributed by atoms with Crippen molar-refractivity contribution in [3.05, 3.63) is 40.9 Å². The number of carbonyl (C=O) groups excluding carboxylic acids is 2. The smallest absolute Gasteiger partial charge is 0.407 e. The molecule has 140 valence electrons. The van der Waals surface area contributed by atoms with E-state index in [1.54, 1.807) is 37.7 Å². The van der Waals surface area contributed by atoms with Gasteiger partial charge < -0.3 is 19.4 Å². The summed E-state index contributed by atoms with van der Waals surface area (Å²) in [6, 6.07) is 3.70. The lowest BCUT2D eigenvalue weighted by Crippen LogP contribution is -2.34. The molecule has 8 heteroatoms. The van der Waals surface area contributed by atoms with Crippen LogP contribution in [0.4, 0.5) is 4.79 Å². The van der Waals surface area contributed by atoms with Crippen LogP contribution >= 0.6 is 15.9 Å². The molecule has 0 aliphatic rings. The molecule has 0 unspecified atom stereocenters. The zero-order chi connectivity index (χ0) is 19.3. The minimum atomic E-state index is -0.563. The SMILES string of the molecule is COC(=O)c1c(Br)c(-c2ccncc2)cn1CCNC(=O)OC(C)(C)C. The Bertz CT molecular complexity index is 782. The van der Waals surface area contributed by atoms with Gasteiger partial charge >= 0.3 is 12.1 Å². The summed E-state index contributed by atoms with van der Waals surface area (Å²) in [6.45, 7) is 6.08. The molecule has 0 aromatic carbocycles. The van der Waals surface area contributed by atoms with E-state index in [1.807, 2.05) is 18.3 Å². The summed E-state index contributed by atoms with van der Waals surface area (Å²) < 4.78 is 12.5. The first-order valence-corrected chi connectivity index (χ1v) is 8.86. The molecular weight excluding hydrogens is 402 g/mol. The summed E-state index contributed by atoms with van der Waals surface area (Å²) >= 11 is 3.49. The average molecular weight is 424 g/mol. The molecule has 0 atom stereocenters. The first-order chi connectivity index (χ1) is 12.2. The number of rotatable bonds is 5.